The van der Waals surface area contributed by atoms with Gasteiger partial charge in [0.1, 0.15) is 6.10 Å². The van der Waals surface area contributed by atoms with Crippen LogP contribution in [0.4, 0.5) is 0 Å². The Morgan fingerprint density at radius 3 is 2.47 bits per heavy atom. The van der Waals surface area contributed by atoms with Gasteiger partial charge in [-0.3, -0.25) is 4.57 Å². The molecule has 0 aromatic heterocycles. The summed E-state index contributed by atoms with van der Waals surface area (Å²) in [5, 5.41) is 0. The molecule has 0 bridgehead atoms. The number of esters is 1. The molecule has 1 unspecified atom stereocenters. The van der Waals surface area contributed by atoms with Crippen molar-refractivity contribution in [3.05, 3.63) is 12.2 Å². The Hall–Kier alpha value is -0.600. The molecule has 0 radical (unpaired) electrons. The molecule has 1 atom stereocenters. The van der Waals surface area contributed by atoms with Gasteiger partial charge < -0.3 is 9.63 Å². The van der Waals surface area contributed by atoms with Crippen LogP contribution in [0.25, 0.3) is 0 Å². The lowest BCUT2D eigenvalue weighted by atomic mass is 9.98. The molecule has 4 nitrogen and oxygen atoms in total. The highest BCUT2D eigenvalue weighted by Gasteiger charge is 2.26. The Balaban J connectivity index is 2.43. The highest BCUT2D eigenvalue weighted by atomic mass is 31.2. The van der Waals surface area contributed by atoms with Gasteiger partial charge in [0, 0.05) is 11.7 Å². The standard InChI is InChI=1S/C14H25O4P/c1-11(2)9-19(16,17)10-12(3)14(15)18-13-7-5-4-6-8-13/h11,13H,3-10H2,1-2H3,(H,16,17). The third-order valence-corrected chi connectivity index (χ3v) is 5.38. The third kappa shape index (κ3) is 6.40. The lowest BCUT2D eigenvalue weighted by molar-refractivity contribution is -0.145. The maximum atomic E-state index is 11.9. The fourth-order valence-corrected chi connectivity index (χ4v) is 4.41. The van der Waals surface area contributed by atoms with E-state index in [-0.39, 0.29) is 29.9 Å². The van der Waals surface area contributed by atoms with Gasteiger partial charge in [-0.2, -0.15) is 0 Å². The van der Waals surface area contributed by atoms with Crippen LogP contribution in [0.15, 0.2) is 12.2 Å². The first-order chi connectivity index (χ1) is 8.80. The zero-order chi connectivity index (χ0) is 14.5. The van der Waals surface area contributed by atoms with E-state index in [0.717, 1.165) is 25.7 Å². The Kier molecular flexibility index (Phi) is 6.28. The smallest absolute Gasteiger partial charge is 0.334 e. The monoisotopic (exact) mass is 288 g/mol. The Morgan fingerprint density at radius 1 is 1.37 bits per heavy atom. The Labute approximate surface area is 115 Å². The first-order valence-electron chi connectivity index (χ1n) is 7.00. The van der Waals surface area contributed by atoms with Crippen LogP contribution in [0.1, 0.15) is 46.0 Å². The summed E-state index contributed by atoms with van der Waals surface area (Å²) in [6.07, 6.45) is 5.14. The summed E-state index contributed by atoms with van der Waals surface area (Å²) >= 11 is 0. The summed E-state index contributed by atoms with van der Waals surface area (Å²) in [6.45, 7) is 7.37. The number of hydrogen-bond donors (Lipinski definition) is 1. The summed E-state index contributed by atoms with van der Waals surface area (Å²) in [5.41, 5.74) is 0.122. The minimum atomic E-state index is -3.31. The van der Waals surface area contributed by atoms with Crippen LogP contribution >= 0.6 is 7.37 Å². The van der Waals surface area contributed by atoms with E-state index >= 15 is 0 Å². The first-order valence-corrected chi connectivity index (χ1v) is 9.03. The molecule has 5 heteroatoms. The number of ether oxygens (including phenoxy) is 1. The predicted octanol–water partition coefficient (Wildman–Crippen LogP) is 3.34. The summed E-state index contributed by atoms with van der Waals surface area (Å²) < 4.78 is 17.3. The van der Waals surface area contributed by atoms with Crippen LogP contribution in [-0.2, 0) is 14.1 Å². The van der Waals surface area contributed by atoms with Gasteiger partial charge in [0.05, 0.1) is 6.16 Å². The average molecular weight is 288 g/mol. The van der Waals surface area contributed by atoms with Crippen molar-refractivity contribution in [2.45, 2.75) is 52.1 Å². The predicted molar refractivity (Wildman–Crippen MR) is 76.5 cm³/mol. The molecular formula is C14H25O4P. The topological polar surface area (TPSA) is 63.6 Å². The number of carbonyl (C=O) groups is 1. The molecule has 1 saturated carbocycles. The van der Waals surface area contributed by atoms with Crippen molar-refractivity contribution in [1.82, 2.24) is 0 Å². The van der Waals surface area contributed by atoms with Crippen LogP contribution in [0.5, 0.6) is 0 Å². The molecule has 110 valence electrons. The van der Waals surface area contributed by atoms with Crippen molar-refractivity contribution in [2.75, 3.05) is 12.3 Å². The van der Waals surface area contributed by atoms with Gasteiger partial charge in [-0.1, -0.05) is 26.8 Å². The minimum Gasteiger partial charge on any atom is -0.459 e. The van der Waals surface area contributed by atoms with Gasteiger partial charge in [0.15, 0.2) is 0 Å². The van der Waals surface area contributed by atoms with Gasteiger partial charge in [-0.25, -0.2) is 4.79 Å². The maximum Gasteiger partial charge on any atom is 0.334 e. The molecule has 1 N–H and O–H groups in total. The largest absolute Gasteiger partial charge is 0.459 e. The molecule has 1 rings (SSSR count). The van der Waals surface area contributed by atoms with E-state index in [1.54, 1.807) is 0 Å². The fourth-order valence-electron chi connectivity index (χ4n) is 2.42. The molecule has 0 amide bonds. The molecular weight excluding hydrogens is 263 g/mol. The molecule has 0 aromatic carbocycles. The van der Waals surface area contributed by atoms with Crippen molar-refractivity contribution in [2.24, 2.45) is 5.92 Å². The van der Waals surface area contributed by atoms with E-state index in [4.69, 9.17) is 4.74 Å². The van der Waals surface area contributed by atoms with Crippen LogP contribution in [0, 0.1) is 5.92 Å². The fraction of sp³-hybridized carbons (Fsp3) is 0.786. The van der Waals surface area contributed by atoms with Crippen LogP contribution in [0.2, 0.25) is 0 Å². The highest BCUT2D eigenvalue weighted by Crippen LogP contribution is 2.44. The second-order valence-electron chi connectivity index (χ2n) is 5.85. The van der Waals surface area contributed by atoms with Gasteiger partial charge in [0.2, 0.25) is 7.37 Å². The zero-order valence-corrected chi connectivity index (χ0v) is 12.8. The van der Waals surface area contributed by atoms with Crippen molar-refractivity contribution < 1.29 is 19.0 Å². The quantitative estimate of drug-likeness (QED) is 0.462. The maximum absolute atomic E-state index is 11.9. The van der Waals surface area contributed by atoms with Crippen molar-refractivity contribution in [1.29, 1.82) is 0 Å². The van der Waals surface area contributed by atoms with Crippen molar-refractivity contribution in [3.63, 3.8) is 0 Å². The van der Waals surface area contributed by atoms with Crippen LogP contribution in [0.3, 0.4) is 0 Å². The molecule has 0 saturated heterocycles. The van der Waals surface area contributed by atoms with Gasteiger partial charge in [-0.15, -0.1) is 0 Å². The molecule has 0 aromatic rings. The molecule has 0 spiro atoms. The van der Waals surface area contributed by atoms with E-state index in [1.165, 1.54) is 6.42 Å². The van der Waals surface area contributed by atoms with E-state index < -0.39 is 13.3 Å². The summed E-state index contributed by atoms with van der Waals surface area (Å²) in [6, 6.07) is 0. The Morgan fingerprint density at radius 2 is 1.95 bits per heavy atom. The second kappa shape index (κ2) is 7.25. The minimum absolute atomic E-state index is 0.0406. The zero-order valence-electron chi connectivity index (χ0n) is 11.9. The van der Waals surface area contributed by atoms with Gasteiger partial charge >= 0.3 is 5.97 Å². The molecule has 19 heavy (non-hydrogen) atoms. The normalized spacial score (nSPS) is 20.0. The number of carbonyl (C=O) groups excluding carboxylic acids is 1. The van der Waals surface area contributed by atoms with Gasteiger partial charge in [-0.05, 0) is 31.6 Å². The number of hydrogen-bond acceptors (Lipinski definition) is 3. The van der Waals surface area contributed by atoms with Gasteiger partial charge in [0.25, 0.3) is 0 Å². The molecule has 0 aliphatic heterocycles. The number of rotatable bonds is 6. The second-order valence-corrected chi connectivity index (χ2v) is 8.22. The molecule has 1 fully saturated rings. The highest BCUT2D eigenvalue weighted by molar-refractivity contribution is 7.58. The van der Waals surface area contributed by atoms with E-state index in [1.807, 2.05) is 13.8 Å². The Bertz CT molecular complexity index is 370. The first kappa shape index (κ1) is 16.5. The van der Waals surface area contributed by atoms with E-state index in [2.05, 4.69) is 6.58 Å². The van der Waals surface area contributed by atoms with E-state index in [0.29, 0.717) is 0 Å². The lowest BCUT2D eigenvalue weighted by Crippen LogP contribution is -2.22. The van der Waals surface area contributed by atoms with Crippen LogP contribution in [-0.4, -0.2) is 29.3 Å². The van der Waals surface area contributed by atoms with Crippen LogP contribution < -0.4 is 0 Å². The summed E-state index contributed by atoms with van der Waals surface area (Å²) in [7, 11) is -3.31. The van der Waals surface area contributed by atoms with E-state index in [9.17, 15) is 14.3 Å². The van der Waals surface area contributed by atoms with Crippen molar-refractivity contribution in [3.8, 4) is 0 Å². The SMILES string of the molecule is C=C(CP(=O)(O)CC(C)C)C(=O)OC1CCCCC1. The average Bonchev–Trinajstić information content (AvgIpc) is 2.27. The lowest BCUT2D eigenvalue weighted by Gasteiger charge is -2.22. The molecule has 0 heterocycles. The van der Waals surface area contributed by atoms with Crippen molar-refractivity contribution >= 4 is 13.3 Å². The summed E-state index contributed by atoms with van der Waals surface area (Å²) in [5.74, 6) is -0.386. The summed E-state index contributed by atoms with van der Waals surface area (Å²) in [4.78, 5) is 21.6. The molecule has 1 aliphatic rings. The molecule has 1 aliphatic carbocycles. The third-order valence-electron chi connectivity index (χ3n) is 3.20.